The van der Waals surface area contributed by atoms with E-state index in [2.05, 4.69) is 15.9 Å². The van der Waals surface area contributed by atoms with E-state index in [0.29, 0.717) is 18.8 Å². The van der Waals surface area contributed by atoms with Crippen molar-refractivity contribution in [2.24, 2.45) is 0 Å². The van der Waals surface area contributed by atoms with E-state index in [9.17, 15) is 4.79 Å². The van der Waals surface area contributed by atoms with Gasteiger partial charge in [0.15, 0.2) is 5.78 Å². The van der Waals surface area contributed by atoms with Gasteiger partial charge >= 0.3 is 0 Å². The van der Waals surface area contributed by atoms with Gasteiger partial charge in [-0.3, -0.25) is 4.79 Å². The van der Waals surface area contributed by atoms with Crippen molar-refractivity contribution < 1.29 is 14.3 Å². The lowest BCUT2D eigenvalue weighted by atomic mass is 9.90. The summed E-state index contributed by atoms with van der Waals surface area (Å²) in [4.78, 5) is 12.4. The number of rotatable bonds is 3. The van der Waals surface area contributed by atoms with Crippen LogP contribution >= 0.6 is 15.9 Å². The van der Waals surface area contributed by atoms with E-state index >= 15 is 0 Å². The Morgan fingerprint density at radius 1 is 1.29 bits per heavy atom. The van der Waals surface area contributed by atoms with Crippen LogP contribution in [0.3, 0.4) is 0 Å². The van der Waals surface area contributed by atoms with E-state index in [-0.39, 0.29) is 5.78 Å². The molecular formula is C13H15BrO3. The number of Topliss-reactive ketones (excluding diaryl/α,β-unsaturated/α-hetero) is 1. The Balaban J connectivity index is 2.17. The Labute approximate surface area is 109 Å². The summed E-state index contributed by atoms with van der Waals surface area (Å²) in [6.07, 6.45) is 1.44. The molecule has 1 aliphatic rings. The summed E-state index contributed by atoms with van der Waals surface area (Å²) in [7, 11) is 1.61. The van der Waals surface area contributed by atoms with Gasteiger partial charge in [0.1, 0.15) is 5.75 Å². The molecule has 92 valence electrons. The lowest BCUT2D eigenvalue weighted by Crippen LogP contribution is -2.38. The molecule has 0 atom stereocenters. The second kappa shape index (κ2) is 5.19. The molecule has 1 aromatic rings. The van der Waals surface area contributed by atoms with Crippen molar-refractivity contribution >= 4 is 21.7 Å². The van der Waals surface area contributed by atoms with Crippen LogP contribution < -0.4 is 4.74 Å². The van der Waals surface area contributed by atoms with Crippen molar-refractivity contribution in [3.05, 3.63) is 29.8 Å². The molecule has 4 heteroatoms. The highest BCUT2D eigenvalue weighted by Crippen LogP contribution is 2.34. The molecule has 2 rings (SSSR count). The van der Waals surface area contributed by atoms with Crippen molar-refractivity contribution in [1.82, 2.24) is 0 Å². The minimum Gasteiger partial charge on any atom is -0.497 e. The van der Waals surface area contributed by atoms with E-state index < -0.39 is 4.32 Å². The molecule has 17 heavy (non-hydrogen) atoms. The Morgan fingerprint density at radius 2 is 1.88 bits per heavy atom. The summed E-state index contributed by atoms with van der Waals surface area (Å²) < 4.78 is 9.90. The molecule has 1 aromatic carbocycles. The lowest BCUT2D eigenvalue weighted by Gasteiger charge is -2.30. The Kier molecular flexibility index (Phi) is 3.84. The van der Waals surface area contributed by atoms with Gasteiger partial charge in [0.05, 0.1) is 11.4 Å². The number of methoxy groups -OCH3 is 1. The summed E-state index contributed by atoms with van der Waals surface area (Å²) in [5, 5.41) is 0. The zero-order valence-corrected chi connectivity index (χ0v) is 11.3. The van der Waals surface area contributed by atoms with Gasteiger partial charge in [-0.15, -0.1) is 0 Å². The maximum absolute atomic E-state index is 12.4. The summed E-state index contributed by atoms with van der Waals surface area (Å²) >= 11 is 3.57. The van der Waals surface area contributed by atoms with Gasteiger partial charge in [-0.05, 0) is 37.1 Å². The van der Waals surface area contributed by atoms with Crippen LogP contribution in [0.25, 0.3) is 0 Å². The minimum atomic E-state index is -0.458. The highest BCUT2D eigenvalue weighted by atomic mass is 79.9. The third-order valence-corrected chi connectivity index (χ3v) is 4.20. The highest BCUT2D eigenvalue weighted by Gasteiger charge is 2.37. The van der Waals surface area contributed by atoms with Crippen molar-refractivity contribution in [3.8, 4) is 5.75 Å². The SMILES string of the molecule is COc1ccc(C(=O)C2(Br)CCOCC2)cc1. The van der Waals surface area contributed by atoms with Crippen LogP contribution in [0, 0.1) is 0 Å². The van der Waals surface area contributed by atoms with E-state index in [1.807, 2.05) is 12.1 Å². The lowest BCUT2D eigenvalue weighted by molar-refractivity contribution is 0.0638. The van der Waals surface area contributed by atoms with Crippen LogP contribution in [0.5, 0.6) is 5.75 Å². The quantitative estimate of drug-likeness (QED) is 0.636. The normalized spacial score (nSPS) is 18.7. The van der Waals surface area contributed by atoms with Gasteiger partial charge in [-0.1, -0.05) is 15.9 Å². The van der Waals surface area contributed by atoms with Crippen molar-refractivity contribution in [3.63, 3.8) is 0 Å². The Hall–Kier alpha value is -0.870. The van der Waals surface area contributed by atoms with E-state index in [4.69, 9.17) is 9.47 Å². The molecule has 0 amide bonds. The maximum atomic E-state index is 12.4. The minimum absolute atomic E-state index is 0.128. The molecule has 0 aromatic heterocycles. The van der Waals surface area contributed by atoms with E-state index in [1.165, 1.54) is 0 Å². The highest BCUT2D eigenvalue weighted by molar-refractivity contribution is 9.10. The first kappa shape index (κ1) is 12.6. The fraction of sp³-hybridized carbons (Fsp3) is 0.462. The van der Waals surface area contributed by atoms with Crippen LogP contribution in [0.15, 0.2) is 24.3 Å². The smallest absolute Gasteiger partial charge is 0.179 e. The Bertz CT molecular complexity index is 394. The van der Waals surface area contributed by atoms with E-state index in [1.54, 1.807) is 19.2 Å². The first-order valence-corrected chi connectivity index (χ1v) is 6.40. The third-order valence-electron chi connectivity index (χ3n) is 3.04. The molecular weight excluding hydrogens is 284 g/mol. The number of benzene rings is 1. The topological polar surface area (TPSA) is 35.5 Å². The van der Waals surface area contributed by atoms with Crippen LogP contribution in [0.2, 0.25) is 0 Å². The van der Waals surface area contributed by atoms with Gasteiger partial charge in [0.25, 0.3) is 0 Å². The number of hydrogen-bond acceptors (Lipinski definition) is 3. The molecule has 1 aliphatic heterocycles. The summed E-state index contributed by atoms with van der Waals surface area (Å²) in [5.74, 6) is 0.889. The van der Waals surface area contributed by atoms with Crippen molar-refractivity contribution in [2.45, 2.75) is 17.2 Å². The molecule has 3 nitrogen and oxygen atoms in total. The molecule has 1 fully saturated rings. The third kappa shape index (κ3) is 2.69. The predicted octanol–water partition coefficient (Wildman–Crippen LogP) is 2.82. The predicted molar refractivity (Wildman–Crippen MR) is 69.0 cm³/mol. The molecule has 0 radical (unpaired) electrons. The largest absolute Gasteiger partial charge is 0.497 e. The second-order valence-electron chi connectivity index (χ2n) is 4.14. The molecule has 0 aliphatic carbocycles. The number of ether oxygens (including phenoxy) is 2. The summed E-state index contributed by atoms with van der Waals surface area (Å²) in [5.41, 5.74) is 0.713. The standard InChI is InChI=1S/C13H15BrO3/c1-16-11-4-2-10(3-5-11)12(15)13(14)6-8-17-9-7-13/h2-5H,6-9H2,1H3. The maximum Gasteiger partial charge on any atom is 0.179 e. The van der Waals surface area contributed by atoms with Gasteiger partial charge in [0.2, 0.25) is 0 Å². The van der Waals surface area contributed by atoms with Gasteiger partial charge in [-0.2, -0.15) is 0 Å². The molecule has 0 spiro atoms. The average molecular weight is 299 g/mol. The molecule has 1 saturated heterocycles. The fourth-order valence-electron chi connectivity index (χ4n) is 1.92. The number of hydrogen-bond donors (Lipinski definition) is 0. The van der Waals surface area contributed by atoms with Gasteiger partial charge in [0, 0.05) is 18.8 Å². The zero-order valence-electron chi connectivity index (χ0n) is 9.74. The van der Waals surface area contributed by atoms with Crippen LogP contribution in [-0.4, -0.2) is 30.4 Å². The van der Waals surface area contributed by atoms with Crippen LogP contribution in [-0.2, 0) is 4.74 Å². The van der Waals surface area contributed by atoms with Gasteiger partial charge in [-0.25, -0.2) is 0 Å². The number of halogens is 1. The number of carbonyl (C=O) groups excluding carboxylic acids is 1. The van der Waals surface area contributed by atoms with Gasteiger partial charge < -0.3 is 9.47 Å². The second-order valence-corrected chi connectivity index (χ2v) is 5.65. The fourth-order valence-corrected chi connectivity index (χ4v) is 2.48. The van der Waals surface area contributed by atoms with Crippen LogP contribution in [0.4, 0.5) is 0 Å². The summed E-state index contributed by atoms with van der Waals surface area (Å²) in [6, 6.07) is 7.23. The van der Waals surface area contributed by atoms with Crippen LogP contribution in [0.1, 0.15) is 23.2 Å². The molecule has 0 N–H and O–H groups in total. The number of alkyl halides is 1. The van der Waals surface area contributed by atoms with E-state index in [0.717, 1.165) is 18.6 Å². The van der Waals surface area contributed by atoms with Crippen molar-refractivity contribution in [1.29, 1.82) is 0 Å². The number of ketones is 1. The first-order valence-electron chi connectivity index (χ1n) is 5.61. The first-order chi connectivity index (χ1) is 8.15. The molecule has 0 bridgehead atoms. The summed E-state index contributed by atoms with van der Waals surface area (Å²) in [6.45, 7) is 1.26. The molecule has 0 unspecified atom stereocenters. The number of carbonyl (C=O) groups is 1. The van der Waals surface area contributed by atoms with Crippen molar-refractivity contribution in [2.75, 3.05) is 20.3 Å². The molecule has 0 saturated carbocycles. The average Bonchev–Trinajstić information content (AvgIpc) is 2.39. The Morgan fingerprint density at radius 3 is 2.41 bits per heavy atom. The molecule has 1 heterocycles. The zero-order chi connectivity index (χ0) is 12.3. The monoisotopic (exact) mass is 298 g/mol.